The van der Waals surface area contributed by atoms with Crippen LogP contribution in [0.1, 0.15) is 25.7 Å². The van der Waals surface area contributed by atoms with Gasteiger partial charge in [0.05, 0.1) is 13.2 Å². The molecular formula is C13H21NO6. The monoisotopic (exact) mass is 287 g/mol. The minimum absolute atomic E-state index is 0.0800. The maximum absolute atomic E-state index is 11.5. The Morgan fingerprint density at radius 1 is 1.40 bits per heavy atom. The van der Waals surface area contributed by atoms with Crippen molar-refractivity contribution in [1.29, 1.82) is 0 Å². The first-order valence-electron chi connectivity index (χ1n) is 6.61. The number of carboxylic acid groups (broad SMARTS) is 1. The lowest BCUT2D eigenvalue weighted by Crippen LogP contribution is -2.44. The molecule has 0 bridgehead atoms. The van der Waals surface area contributed by atoms with Gasteiger partial charge in [-0.25, -0.2) is 9.59 Å². The number of aliphatic hydroxyl groups is 1. The van der Waals surface area contributed by atoms with E-state index in [1.54, 1.807) is 6.08 Å². The van der Waals surface area contributed by atoms with Gasteiger partial charge in [-0.1, -0.05) is 12.5 Å². The summed E-state index contributed by atoms with van der Waals surface area (Å²) in [5.74, 6) is -1.45. The molecule has 0 heterocycles. The van der Waals surface area contributed by atoms with E-state index in [1.807, 2.05) is 5.32 Å². The molecule has 3 N–H and O–H groups in total. The van der Waals surface area contributed by atoms with E-state index < -0.39 is 18.3 Å². The van der Waals surface area contributed by atoms with Crippen molar-refractivity contribution >= 4 is 12.1 Å². The molecule has 1 saturated carbocycles. The van der Waals surface area contributed by atoms with Crippen molar-refractivity contribution in [3.63, 3.8) is 0 Å². The zero-order valence-electron chi connectivity index (χ0n) is 11.3. The number of rotatable bonds is 7. The summed E-state index contributed by atoms with van der Waals surface area (Å²) in [5, 5.41) is 19.4. The van der Waals surface area contributed by atoms with Crippen LogP contribution >= 0.6 is 0 Å². The molecule has 0 aromatic carbocycles. The van der Waals surface area contributed by atoms with Crippen LogP contribution in [0.5, 0.6) is 0 Å². The van der Waals surface area contributed by atoms with Gasteiger partial charge in [0.25, 0.3) is 0 Å². The molecule has 1 fully saturated rings. The maximum atomic E-state index is 11.5. The lowest BCUT2D eigenvalue weighted by Gasteiger charge is -2.30. The fourth-order valence-electron chi connectivity index (χ4n) is 2.17. The molecule has 0 aliphatic heterocycles. The van der Waals surface area contributed by atoms with Gasteiger partial charge in [0, 0.05) is 5.92 Å². The lowest BCUT2D eigenvalue weighted by molar-refractivity contribution is -0.148. The van der Waals surface area contributed by atoms with E-state index in [1.165, 1.54) is 0 Å². The molecule has 0 saturated heterocycles. The number of aliphatic carboxylic acids is 1. The highest BCUT2D eigenvalue weighted by Crippen LogP contribution is 2.27. The number of aliphatic hydroxyl groups excluding tert-OH is 1. The number of alkyl carbamates (subject to hydrolysis) is 1. The van der Waals surface area contributed by atoms with Crippen LogP contribution in [0.3, 0.4) is 0 Å². The molecule has 7 nitrogen and oxygen atoms in total. The molecular weight excluding hydrogens is 266 g/mol. The van der Waals surface area contributed by atoms with Crippen LogP contribution in [0.25, 0.3) is 0 Å². The molecule has 1 amide bonds. The average Bonchev–Trinajstić information content (AvgIpc) is 2.40. The topological polar surface area (TPSA) is 105 Å². The fourth-order valence-corrected chi connectivity index (χ4v) is 2.17. The molecule has 1 aliphatic carbocycles. The quantitative estimate of drug-likeness (QED) is 0.364. The van der Waals surface area contributed by atoms with Crippen LogP contribution in [0.15, 0.2) is 12.7 Å². The summed E-state index contributed by atoms with van der Waals surface area (Å²) in [6, 6.07) is 0. The molecule has 0 aromatic heterocycles. The highest BCUT2D eigenvalue weighted by Gasteiger charge is 2.29. The first-order chi connectivity index (χ1) is 9.54. The molecule has 20 heavy (non-hydrogen) atoms. The Labute approximate surface area is 117 Å². The second-order valence-corrected chi connectivity index (χ2v) is 4.70. The van der Waals surface area contributed by atoms with Crippen molar-refractivity contribution in [2.45, 2.75) is 38.0 Å². The normalized spacial score (nSPS) is 23.6. The molecule has 1 aliphatic rings. The zero-order valence-corrected chi connectivity index (χ0v) is 11.3. The summed E-state index contributed by atoms with van der Waals surface area (Å²) in [6.07, 6.45) is 2.01. The SMILES string of the molecule is C=CCOCC1CCCCC1OC(=O)NC(O)C(=O)O. The summed E-state index contributed by atoms with van der Waals surface area (Å²) in [7, 11) is 0. The van der Waals surface area contributed by atoms with Crippen molar-refractivity contribution in [1.82, 2.24) is 5.32 Å². The van der Waals surface area contributed by atoms with Crippen molar-refractivity contribution in [3.8, 4) is 0 Å². The number of carboxylic acids is 1. The summed E-state index contributed by atoms with van der Waals surface area (Å²) in [5.41, 5.74) is 0. The minimum Gasteiger partial charge on any atom is -0.478 e. The van der Waals surface area contributed by atoms with Crippen LogP contribution in [-0.4, -0.2) is 47.8 Å². The first-order valence-corrected chi connectivity index (χ1v) is 6.61. The Morgan fingerprint density at radius 2 is 2.10 bits per heavy atom. The molecule has 0 spiro atoms. The van der Waals surface area contributed by atoms with Crippen LogP contribution < -0.4 is 5.32 Å². The molecule has 7 heteroatoms. The van der Waals surface area contributed by atoms with E-state index in [0.29, 0.717) is 19.6 Å². The van der Waals surface area contributed by atoms with Gasteiger partial charge in [-0.15, -0.1) is 6.58 Å². The predicted molar refractivity (Wildman–Crippen MR) is 70.0 cm³/mol. The molecule has 1 rings (SSSR count). The minimum atomic E-state index is -1.96. The average molecular weight is 287 g/mol. The standard InChI is InChI=1S/C13H21NO6/c1-2-7-19-8-9-5-3-4-6-10(9)20-13(18)14-11(15)12(16)17/h2,9-11,15H,1,3-8H2,(H,14,18)(H,16,17). The van der Waals surface area contributed by atoms with Gasteiger partial charge >= 0.3 is 12.1 Å². The van der Waals surface area contributed by atoms with Crippen molar-refractivity contribution in [2.75, 3.05) is 13.2 Å². The Hall–Kier alpha value is -1.60. The molecule has 3 unspecified atom stereocenters. The molecule has 0 radical (unpaired) electrons. The van der Waals surface area contributed by atoms with Crippen molar-refractivity contribution in [3.05, 3.63) is 12.7 Å². The van der Waals surface area contributed by atoms with Crippen molar-refractivity contribution in [2.24, 2.45) is 5.92 Å². The van der Waals surface area contributed by atoms with Gasteiger partial charge in [-0.2, -0.15) is 0 Å². The van der Waals surface area contributed by atoms with Gasteiger partial charge in [0.2, 0.25) is 6.23 Å². The Kier molecular flexibility index (Phi) is 7.03. The number of hydrogen-bond donors (Lipinski definition) is 3. The van der Waals surface area contributed by atoms with Crippen LogP contribution in [0, 0.1) is 5.92 Å². The Bertz CT molecular complexity index is 346. The third-order valence-electron chi connectivity index (χ3n) is 3.15. The molecule has 3 atom stereocenters. The van der Waals surface area contributed by atoms with Crippen LogP contribution in [-0.2, 0) is 14.3 Å². The van der Waals surface area contributed by atoms with Crippen LogP contribution in [0.4, 0.5) is 4.79 Å². The summed E-state index contributed by atoms with van der Waals surface area (Å²) in [6.45, 7) is 4.46. The van der Waals surface area contributed by atoms with E-state index in [4.69, 9.17) is 19.7 Å². The fraction of sp³-hybridized carbons (Fsp3) is 0.692. The number of ether oxygens (including phenoxy) is 2. The Morgan fingerprint density at radius 3 is 2.75 bits per heavy atom. The van der Waals surface area contributed by atoms with E-state index in [0.717, 1.165) is 19.3 Å². The van der Waals surface area contributed by atoms with Gasteiger partial charge < -0.3 is 19.7 Å². The van der Waals surface area contributed by atoms with Gasteiger partial charge in [-0.3, -0.25) is 5.32 Å². The third kappa shape index (κ3) is 5.58. The third-order valence-corrected chi connectivity index (χ3v) is 3.15. The smallest absolute Gasteiger partial charge is 0.409 e. The van der Waals surface area contributed by atoms with E-state index in [9.17, 15) is 9.59 Å². The maximum Gasteiger partial charge on any atom is 0.409 e. The van der Waals surface area contributed by atoms with Gasteiger partial charge in [0.1, 0.15) is 6.10 Å². The first kappa shape index (κ1) is 16.5. The molecule has 0 aromatic rings. The van der Waals surface area contributed by atoms with E-state index in [-0.39, 0.29) is 12.0 Å². The summed E-state index contributed by atoms with van der Waals surface area (Å²) in [4.78, 5) is 21.9. The predicted octanol–water partition coefficient (Wildman–Crippen LogP) is 0.877. The number of carbonyl (C=O) groups is 2. The number of nitrogens with one attached hydrogen (secondary N) is 1. The molecule has 114 valence electrons. The lowest BCUT2D eigenvalue weighted by atomic mass is 9.87. The summed E-state index contributed by atoms with van der Waals surface area (Å²) < 4.78 is 10.6. The zero-order chi connectivity index (χ0) is 15.0. The Balaban J connectivity index is 2.42. The second kappa shape index (κ2) is 8.55. The largest absolute Gasteiger partial charge is 0.478 e. The summed E-state index contributed by atoms with van der Waals surface area (Å²) >= 11 is 0. The van der Waals surface area contributed by atoms with Crippen molar-refractivity contribution < 1.29 is 29.3 Å². The van der Waals surface area contributed by atoms with Crippen LogP contribution in [0.2, 0.25) is 0 Å². The second-order valence-electron chi connectivity index (χ2n) is 4.70. The van der Waals surface area contributed by atoms with E-state index in [2.05, 4.69) is 6.58 Å². The highest BCUT2D eigenvalue weighted by atomic mass is 16.6. The number of carbonyl (C=O) groups excluding carboxylic acids is 1. The van der Waals surface area contributed by atoms with E-state index >= 15 is 0 Å². The van der Waals surface area contributed by atoms with Gasteiger partial charge in [0.15, 0.2) is 0 Å². The number of amides is 1. The highest BCUT2D eigenvalue weighted by molar-refractivity contribution is 5.78. The number of hydrogen-bond acceptors (Lipinski definition) is 5. The van der Waals surface area contributed by atoms with Gasteiger partial charge in [-0.05, 0) is 19.3 Å².